The molecule has 17 heavy (non-hydrogen) atoms. The van der Waals surface area contributed by atoms with Crippen molar-refractivity contribution in [1.29, 1.82) is 0 Å². The molecular formula is C11H22ClN3O2. The van der Waals surface area contributed by atoms with Crippen LogP contribution in [-0.2, 0) is 9.59 Å². The van der Waals surface area contributed by atoms with Gasteiger partial charge in [0.15, 0.2) is 0 Å². The number of rotatable bonds is 5. The van der Waals surface area contributed by atoms with Crippen LogP contribution in [0.3, 0.4) is 0 Å². The molecule has 100 valence electrons. The van der Waals surface area contributed by atoms with Gasteiger partial charge in [0.1, 0.15) is 0 Å². The van der Waals surface area contributed by atoms with Gasteiger partial charge in [0, 0.05) is 38.0 Å². The molecule has 0 aromatic carbocycles. The number of nitrogens with zero attached hydrogens (tertiary/aromatic N) is 1. The minimum atomic E-state index is -0.124. The molecule has 0 aromatic heterocycles. The van der Waals surface area contributed by atoms with Gasteiger partial charge in [0.2, 0.25) is 11.8 Å². The third kappa shape index (κ3) is 5.89. The molecule has 2 amide bonds. The molecule has 1 aliphatic heterocycles. The van der Waals surface area contributed by atoms with Gasteiger partial charge < -0.3 is 16.0 Å². The normalized spacial score (nSPS) is 18.5. The SMILES string of the molecule is CC(N)CC(=O)NC(C)CN1CCCC1=O.Cl. The predicted octanol–water partition coefficient (Wildman–Crippen LogP) is 0.273. The van der Waals surface area contributed by atoms with E-state index < -0.39 is 0 Å². The van der Waals surface area contributed by atoms with Crippen LogP contribution in [0.2, 0.25) is 0 Å². The summed E-state index contributed by atoms with van der Waals surface area (Å²) >= 11 is 0. The van der Waals surface area contributed by atoms with E-state index in [4.69, 9.17) is 5.73 Å². The average molecular weight is 264 g/mol. The topological polar surface area (TPSA) is 75.4 Å². The summed E-state index contributed by atoms with van der Waals surface area (Å²) in [6.07, 6.45) is 1.90. The van der Waals surface area contributed by atoms with E-state index >= 15 is 0 Å². The molecule has 0 bridgehead atoms. The Hall–Kier alpha value is -0.810. The Kier molecular flexibility index (Phi) is 7.15. The fraction of sp³-hybridized carbons (Fsp3) is 0.818. The fourth-order valence-corrected chi connectivity index (χ4v) is 1.90. The summed E-state index contributed by atoms with van der Waals surface area (Å²) in [5.41, 5.74) is 5.53. The van der Waals surface area contributed by atoms with Crippen molar-refractivity contribution in [2.24, 2.45) is 5.73 Å². The molecule has 1 heterocycles. The highest BCUT2D eigenvalue weighted by Gasteiger charge is 2.22. The lowest BCUT2D eigenvalue weighted by Gasteiger charge is -2.22. The summed E-state index contributed by atoms with van der Waals surface area (Å²) in [5.74, 6) is 0.141. The second-order valence-electron chi connectivity index (χ2n) is 4.59. The summed E-state index contributed by atoms with van der Waals surface area (Å²) < 4.78 is 0. The number of hydrogen-bond donors (Lipinski definition) is 2. The zero-order valence-electron chi connectivity index (χ0n) is 10.4. The molecule has 0 radical (unpaired) electrons. The first-order valence-corrected chi connectivity index (χ1v) is 5.81. The Bertz CT molecular complexity index is 271. The van der Waals surface area contributed by atoms with Crippen LogP contribution in [0.4, 0.5) is 0 Å². The molecule has 0 aliphatic carbocycles. The lowest BCUT2D eigenvalue weighted by atomic mass is 10.2. The van der Waals surface area contributed by atoms with E-state index in [1.54, 1.807) is 11.8 Å². The highest BCUT2D eigenvalue weighted by Crippen LogP contribution is 2.09. The van der Waals surface area contributed by atoms with E-state index in [0.29, 0.717) is 19.4 Å². The largest absolute Gasteiger partial charge is 0.352 e. The molecule has 2 atom stereocenters. The molecule has 2 unspecified atom stereocenters. The Balaban J connectivity index is 0.00000256. The molecule has 0 saturated carbocycles. The van der Waals surface area contributed by atoms with E-state index in [1.165, 1.54) is 0 Å². The lowest BCUT2D eigenvalue weighted by Crippen LogP contribution is -2.43. The van der Waals surface area contributed by atoms with Crippen molar-refractivity contribution in [1.82, 2.24) is 10.2 Å². The van der Waals surface area contributed by atoms with Gasteiger partial charge in [-0.05, 0) is 20.3 Å². The van der Waals surface area contributed by atoms with Gasteiger partial charge in [-0.2, -0.15) is 0 Å². The number of nitrogens with one attached hydrogen (secondary N) is 1. The highest BCUT2D eigenvalue weighted by molar-refractivity contribution is 5.85. The number of halogens is 1. The van der Waals surface area contributed by atoms with Crippen LogP contribution in [0, 0.1) is 0 Å². The first-order valence-electron chi connectivity index (χ1n) is 5.81. The van der Waals surface area contributed by atoms with Crippen molar-refractivity contribution >= 4 is 24.2 Å². The standard InChI is InChI=1S/C11H21N3O2.ClH/c1-8(12)6-10(15)13-9(2)7-14-5-3-4-11(14)16;/h8-9H,3-7,12H2,1-2H3,(H,13,15);1H. The summed E-state index contributed by atoms with van der Waals surface area (Å²) in [4.78, 5) is 24.6. The van der Waals surface area contributed by atoms with E-state index in [0.717, 1.165) is 13.0 Å². The summed E-state index contributed by atoms with van der Waals surface area (Å²) in [5, 5.41) is 2.85. The van der Waals surface area contributed by atoms with Crippen molar-refractivity contribution < 1.29 is 9.59 Å². The first kappa shape index (κ1) is 16.2. The van der Waals surface area contributed by atoms with Crippen LogP contribution in [-0.4, -0.2) is 41.9 Å². The number of nitrogens with two attached hydrogens (primary N) is 1. The third-order valence-electron chi connectivity index (χ3n) is 2.58. The van der Waals surface area contributed by atoms with Crippen molar-refractivity contribution in [3.05, 3.63) is 0 Å². The minimum absolute atomic E-state index is 0. The van der Waals surface area contributed by atoms with Gasteiger partial charge in [-0.3, -0.25) is 9.59 Å². The number of hydrogen-bond acceptors (Lipinski definition) is 3. The molecule has 5 nitrogen and oxygen atoms in total. The van der Waals surface area contributed by atoms with Crippen LogP contribution in [0.1, 0.15) is 33.1 Å². The number of likely N-dealkylation sites (tertiary alicyclic amines) is 1. The monoisotopic (exact) mass is 263 g/mol. The second-order valence-corrected chi connectivity index (χ2v) is 4.59. The van der Waals surface area contributed by atoms with E-state index in [9.17, 15) is 9.59 Å². The van der Waals surface area contributed by atoms with Gasteiger partial charge in [-0.25, -0.2) is 0 Å². The van der Waals surface area contributed by atoms with Crippen molar-refractivity contribution in [2.75, 3.05) is 13.1 Å². The summed E-state index contributed by atoms with van der Waals surface area (Å²) in [7, 11) is 0. The Morgan fingerprint density at radius 1 is 1.53 bits per heavy atom. The molecule has 1 aliphatic rings. The third-order valence-corrected chi connectivity index (χ3v) is 2.58. The van der Waals surface area contributed by atoms with Gasteiger partial charge >= 0.3 is 0 Å². The molecule has 1 fully saturated rings. The molecule has 3 N–H and O–H groups in total. The van der Waals surface area contributed by atoms with E-state index in [2.05, 4.69) is 5.32 Å². The Morgan fingerprint density at radius 3 is 2.65 bits per heavy atom. The lowest BCUT2D eigenvalue weighted by molar-refractivity contribution is -0.129. The fourth-order valence-electron chi connectivity index (χ4n) is 1.90. The maximum atomic E-state index is 11.4. The maximum absolute atomic E-state index is 11.4. The highest BCUT2D eigenvalue weighted by atomic mass is 35.5. The quantitative estimate of drug-likeness (QED) is 0.748. The van der Waals surface area contributed by atoms with Crippen LogP contribution >= 0.6 is 12.4 Å². The van der Waals surface area contributed by atoms with Gasteiger partial charge in [0.25, 0.3) is 0 Å². The van der Waals surface area contributed by atoms with Gasteiger partial charge in [-0.1, -0.05) is 0 Å². The molecule has 0 aromatic rings. The number of amides is 2. The van der Waals surface area contributed by atoms with Crippen LogP contribution in [0.5, 0.6) is 0 Å². The van der Waals surface area contributed by atoms with E-state index in [-0.39, 0.29) is 36.3 Å². The maximum Gasteiger partial charge on any atom is 0.222 e. The van der Waals surface area contributed by atoms with Crippen LogP contribution < -0.4 is 11.1 Å². The zero-order chi connectivity index (χ0) is 12.1. The average Bonchev–Trinajstić information content (AvgIpc) is 2.49. The smallest absolute Gasteiger partial charge is 0.222 e. The summed E-state index contributed by atoms with van der Waals surface area (Å²) in [6.45, 7) is 5.12. The summed E-state index contributed by atoms with van der Waals surface area (Å²) in [6, 6.07) is -0.131. The van der Waals surface area contributed by atoms with Crippen molar-refractivity contribution in [3.63, 3.8) is 0 Å². The van der Waals surface area contributed by atoms with Crippen LogP contribution in [0.25, 0.3) is 0 Å². The van der Waals surface area contributed by atoms with Crippen LogP contribution in [0.15, 0.2) is 0 Å². The van der Waals surface area contributed by atoms with Gasteiger partial charge in [-0.15, -0.1) is 12.4 Å². The molecule has 0 spiro atoms. The van der Waals surface area contributed by atoms with Crippen molar-refractivity contribution in [2.45, 2.75) is 45.2 Å². The minimum Gasteiger partial charge on any atom is -0.352 e. The van der Waals surface area contributed by atoms with E-state index in [1.807, 2.05) is 6.92 Å². The zero-order valence-corrected chi connectivity index (χ0v) is 11.3. The number of carbonyl (C=O) groups excluding carboxylic acids is 2. The van der Waals surface area contributed by atoms with Crippen molar-refractivity contribution in [3.8, 4) is 0 Å². The first-order chi connectivity index (χ1) is 7.49. The predicted molar refractivity (Wildman–Crippen MR) is 68.9 cm³/mol. The Morgan fingerprint density at radius 2 is 2.18 bits per heavy atom. The van der Waals surface area contributed by atoms with Gasteiger partial charge in [0.05, 0.1) is 0 Å². The number of carbonyl (C=O) groups is 2. The second kappa shape index (κ2) is 7.50. The molecule has 1 rings (SSSR count). The molecule has 6 heteroatoms. The molecule has 1 saturated heterocycles. The Labute approximate surface area is 109 Å². The molecular weight excluding hydrogens is 242 g/mol.